The Bertz CT molecular complexity index is 1100. The molecule has 2 aromatic heterocycles. The molecular weight excluding hydrogens is 432 g/mol. The van der Waals surface area contributed by atoms with Crippen molar-refractivity contribution in [3.05, 3.63) is 30.0 Å². The van der Waals surface area contributed by atoms with Crippen molar-refractivity contribution in [2.24, 2.45) is 0 Å². The van der Waals surface area contributed by atoms with Gasteiger partial charge in [-0.2, -0.15) is 5.10 Å². The molecule has 32 heavy (non-hydrogen) atoms. The molecule has 3 heterocycles. The molecule has 1 aromatic carbocycles. The minimum atomic E-state index is -0.198. The summed E-state index contributed by atoms with van der Waals surface area (Å²) in [4.78, 5) is 24.2. The molecule has 11 heteroatoms. The van der Waals surface area contributed by atoms with Gasteiger partial charge in [0.05, 0.1) is 45.6 Å². The number of rotatable bonds is 8. The molecule has 0 radical (unpaired) electrons. The number of amides is 1. The van der Waals surface area contributed by atoms with Gasteiger partial charge in [-0.15, -0.1) is 0 Å². The molecule has 1 fully saturated rings. The summed E-state index contributed by atoms with van der Waals surface area (Å²) in [5.41, 5.74) is 1.25. The average molecular weight is 459 g/mol. The second-order valence-corrected chi connectivity index (χ2v) is 7.84. The van der Waals surface area contributed by atoms with Crippen LogP contribution in [0.2, 0.25) is 0 Å². The number of carbonyl (C=O) groups excluding carboxylic acids is 1. The quantitative estimate of drug-likeness (QED) is 0.400. The van der Waals surface area contributed by atoms with Gasteiger partial charge < -0.3 is 24.4 Å². The Kier molecular flexibility index (Phi) is 6.96. The molecule has 1 aliphatic rings. The van der Waals surface area contributed by atoms with Crippen molar-refractivity contribution < 1.29 is 19.0 Å². The minimum Gasteiger partial charge on any atom is -0.493 e. The first-order valence-corrected chi connectivity index (χ1v) is 11.5. The van der Waals surface area contributed by atoms with Crippen molar-refractivity contribution in [3.8, 4) is 11.5 Å². The Hall–Kier alpha value is -3.05. The lowest BCUT2D eigenvalue weighted by atomic mass is 10.2. The van der Waals surface area contributed by atoms with Gasteiger partial charge >= 0.3 is 0 Å². The molecule has 0 unspecified atom stereocenters. The number of anilines is 1. The van der Waals surface area contributed by atoms with Crippen molar-refractivity contribution in [1.82, 2.24) is 25.1 Å². The van der Waals surface area contributed by atoms with Crippen LogP contribution in [0, 0.1) is 0 Å². The van der Waals surface area contributed by atoms with Gasteiger partial charge in [-0.1, -0.05) is 11.8 Å². The lowest BCUT2D eigenvalue weighted by Gasteiger charge is -2.28. The fourth-order valence-electron chi connectivity index (χ4n) is 3.55. The van der Waals surface area contributed by atoms with Gasteiger partial charge in [-0.05, 0) is 24.5 Å². The molecule has 0 aliphatic carbocycles. The Labute approximate surface area is 190 Å². The van der Waals surface area contributed by atoms with Crippen LogP contribution in [0.25, 0.3) is 11.0 Å². The number of ether oxygens (including phenoxy) is 3. The van der Waals surface area contributed by atoms with Crippen molar-refractivity contribution in [2.75, 3.05) is 58.2 Å². The summed E-state index contributed by atoms with van der Waals surface area (Å²) >= 11 is 1.49. The molecule has 0 saturated carbocycles. The van der Waals surface area contributed by atoms with Crippen LogP contribution in [-0.2, 0) is 11.3 Å². The number of aromatic nitrogens is 4. The second kappa shape index (κ2) is 10.0. The van der Waals surface area contributed by atoms with E-state index < -0.39 is 0 Å². The SMILES string of the molecule is COc1ccc(C(=O)NCCn2ncc3c(N4CCOCC4)nc(SC)nc32)cc1OC. The normalized spacial score (nSPS) is 13.9. The van der Waals surface area contributed by atoms with Gasteiger partial charge in [0, 0.05) is 25.2 Å². The number of fused-ring (bicyclic) bond motifs is 1. The van der Waals surface area contributed by atoms with Crippen LogP contribution in [0.1, 0.15) is 10.4 Å². The first-order valence-electron chi connectivity index (χ1n) is 10.2. The zero-order valence-electron chi connectivity index (χ0n) is 18.3. The maximum atomic E-state index is 12.6. The fourth-order valence-corrected chi connectivity index (χ4v) is 3.90. The van der Waals surface area contributed by atoms with Crippen LogP contribution >= 0.6 is 11.8 Å². The maximum Gasteiger partial charge on any atom is 0.251 e. The van der Waals surface area contributed by atoms with Crippen LogP contribution in [0.5, 0.6) is 11.5 Å². The Morgan fingerprint density at radius 2 is 1.97 bits per heavy atom. The number of hydrogen-bond donors (Lipinski definition) is 1. The van der Waals surface area contributed by atoms with E-state index in [0.717, 1.165) is 29.9 Å². The van der Waals surface area contributed by atoms with Crippen LogP contribution in [-0.4, -0.2) is 79.0 Å². The summed E-state index contributed by atoms with van der Waals surface area (Å²) in [6, 6.07) is 5.07. The van der Waals surface area contributed by atoms with Gasteiger partial charge in [0.15, 0.2) is 22.3 Å². The first kappa shape index (κ1) is 22.2. The molecule has 4 rings (SSSR count). The largest absolute Gasteiger partial charge is 0.493 e. The monoisotopic (exact) mass is 458 g/mol. The van der Waals surface area contributed by atoms with E-state index >= 15 is 0 Å². The third-order valence-electron chi connectivity index (χ3n) is 5.20. The fraction of sp³-hybridized carbons (Fsp3) is 0.429. The van der Waals surface area contributed by atoms with Gasteiger partial charge in [0.25, 0.3) is 5.91 Å². The molecule has 1 N–H and O–H groups in total. The number of morpholine rings is 1. The van der Waals surface area contributed by atoms with E-state index in [1.54, 1.807) is 36.2 Å². The number of thioether (sulfide) groups is 1. The molecule has 0 bridgehead atoms. The predicted molar refractivity (Wildman–Crippen MR) is 122 cm³/mol. The van der Waals surface area contributed by atoms with Crippen LogP contribution in [0.15, 0.2) is 29.6 Å². The molecule has 0 atom stereocenters. The number of nitrogens with one attached hydrogen (secondary N) is 1. The Morgan fingerprint density at radius 1 is 1.19 bits per heavy atom. The number of hydrogen-bond acceptors (Lipinski definition) is 9. The third kappa shape index (κ3) is 4.58. The maximum absolute atomic E-state index is 12.6. The summed E-state index contributed by atoms with van der Waals surface area (Å²) in [7, 11) is 3.10. The van der Waals surface area contributed by atoms with Gasteiger partial charge in [0.2, 0.25) is 0 Å². The molecule has 3 aromatic rings. The topological polar surface area (TPSA) is 104 Å². The molecule has 1 aliphatic heterocycles. The Morgan fingerprint density at radius 3 is 2.69 bits per heavy atom. The van der Waals surface area contributed by atoms with E-state index in [1.807, 2.05) is 6.26 Å². The van der Waals surface area contributed by atoms with Crippen LogP contribution in [0.4, 0.5) is 5.82 Å². The highest BCUT2D eigenvalue weighted by molar-refractivity contribution is 7.98. The standard InChI is InChI=1S/C21H26N6O4S/c1-29-16-5-4-14(12-17(16)30-2)20(28)22-6-7-27-19-15(13-23-27)18(24-21(25-19)32-3)26-8-10-31-11-9-26/h4-5,12-13H,6-11H2,1-3H3,(H,22,28). The molecule has 170 valence electrons. The van der Waals surface area contributed by atoms with E-state index in [2.05, 4.69) is 20.3 Å². The third-order valence-corrected chi connectivity index (χ3v) is 5.75. The minimum absolute atomic E-state index is 0.198. The lowest BCUT2D eigenvalue weighted by molar-refractivity contribution is 0.0951. The van der Waals surface area contributed by atoms with E-state index in [1.165, 1.54) is 18.9 Å². The summed E-state index contributed by atoms with van der Waals surface area (Å²) < 4.78 is 17.8. The highest BCUT2D eigenvalue weighted by Gasteiger charge is 2.20. The zero-order chi connectivity index (χ0) is 22.5. The van der Waals surface area contributed by atoms with Gasteiger partial charge in [-0.3, -0.25) is 4.79 Å². The van der Waals surface area contributed by atoms with Crippen molar-refractivity contribution >= 4 is 34.5 Å². The summed E-state index contributed by atoms with van der Waals surface area (Å²) in [5, 5.41) is 9.02. The number of methoxy groups -OCH3 is 2. The molecule has 1 amide bonds. The van der Waals surface area contributed by atoms with E-state index in [9.17, 15) is 4.79 Å². The van der Waals surface area contributed by atoms with Crippen molar-refractivity contribution in [1.29, 1.82) is 0 Å². The second-order valence-electron chi connectivity index (χ2n) is 7.06. The lowest BCUT2D eigenvalue weighted by Crippen LogP contribution is -2.37. The highest BCUT2D eigenvalue weighted by atomic mass is 32.2. The zero-order valence-corrected chi connectivity index (χ0v) is 19.1. The summed E-state index contributed by atoms with van der Waals surface area (Å²) in [5.74, 6) is 1.77. The van der Waals surface area contributed by atoms with E-state index in [-0.39, 0.29) is 5.91 Å². The molecule has 1 saturated heterocycles. The van der Waals surface area contributed by atoms with Crippen LogP contribution in [0.3, 0.4) is 0 Å². The molecule has 10 nitrogen and oxygen atoms in total. The van der Waals surface area contributed by atoms with Crippen LogP contribution < -0.4 is 19.7 Å². The van der Waals surface area contributed by atoms with Gasteiger partial charge in [0.1, 0.15) is 5.82 Å². The Balaban J connectivity index is 1.48. The summed E-state index contributed by atoms with van der Waals surface area (Å²) in [6.07, 6.45) is 3.74. The highest BCUT2D eigenvalue weighted by Crippen LogP contribution is 2.28. The molecule has 0 spiro atoms. The summed E-state index contributed by atoms with van der Waals surface area (Å²) in [6.45, 7) is 3.80. The van der Waals surface area contributed by atoms with E-state index in [0.29, 0.717) is 48.5 Å². The predicted octanol–water partition coefficient (Wildman–Crippen LogP) is 1.83. The smallest absolute Gasteiger partial charge is 0.251 e. The van der Waals surface area contributed by atoms with Crippen molar-refractivity contribution in [3.63, 3.8) is 0 Å². The number of benzene rings is 1. The number of nitrogens with zero attached hydrogens (tertiary/aromatic N) is 5. The molecular formula is C21H26N6O4S. The van der Waals surface area contributed by atoms with E-state index in [4.69, 9.17) is 19.2 Å². The number of carbonyl (C=O) groups is 1. The first-order chi connectivity index (χ1) is 15.6. The van der Waals surface area contributed by atoms with Gasteiger partial charge in [-0.25, -0.2) is 14.6 Å². The average Bonchev–Trinajstić information content (AvgIpc) is 3.26. The van der Waals surface area contributed by atoms with Crippen molar-refractivity contribution in [2.45, 2.75) is 11.7 Å².